The standard InChI is InChI=1S/C10H9F2N3O2/c1-17-7(16)3-6-2-5(4-13)8(14)9(15-6)10(11)12/h2,10H,3,14H2,1H3. The molecule has 0 aliphatic carbocycles. The van der Waals surface area contributed by atoms with Crippen LogP contribution in [0.5, 0.6) is 0 Å². The van der Waals surface area contributed by atoms with Gasteiger partial charge in [-0.15, -0.1) is 0 Å². The van der Waals surface area contributed by atoms with Crippen LogP contribution in [0, 0.1) is 11.3 Å². The predicted octanol–water partition coefficient (Wildman–Crippen LogP) is 1.19. The number of carbonyl (C=O) groups excluding carboxylic acids is 1. The highest BCUT2D eigenvalue weighted by molar-refractivity contribution is 5.72. The number of hydrogen-bond acceptors (Lipinski definition) is 5. The topological polar surface area (TPSA) is 89.0 Å². The maximum absolute atomic E-state index is 12.6. The van der Waals surface area contributed by atoms with Crippen LogP contribution in [0.25, 0.3) is 0 Å². The van der Waals surface area contributed by atoms with E-state index < -0.39 is 18.1 Å². The fraction of sp³-hybridized carbons (Fsp3) is 0.300. The molecule has 1 aromatic rings. The van der Waals surface area contributed by atoms with E-state index in [9.17, 15) is 13.6 Å². The van der Waals surface area contributed by atoms with E-state index in [2.05, 4.69) is 9.72 Å². The summed E-state index contributed by atoms with van der Waals surface area (Å²) in [5.41, 5.74) is 4.18. The van der Waals surface area contributed by atoms with E-state index in [1.807, 2.05) is 0 Å². The van der Waals surface area contributed by atoms with Crippen LogP contribution in [0.3, 0.4) is 0 Å². The van der Waals surface area contributed by atoms with Crippen molar-refractivity contribution >= 4 is 11.7 Å². The number of methoxy groups -OCH3 is 1. The largest absolute Gasteiger partial charge is 0.469 e. The molecule has 7 heteroatoms. The molecule has 0 saturated carbocycles. The summed E-state index contributed by atoms with van der Waals surface area (Å²) >= 11 is 0. The van der Waals surface area contributed by atoms with E-state index in [0.717, 1.165) is 0 Å². The second kappa shape index (κ2) is 5.21. The molecule has 17 heavy (non-hydrogen) atoms. The van der Waals surface area contributed by atoms with Crippen molar-refractivity contribution < 1.29 is 18.3 Å². The van der Waals surface area contributed by atoms with Crippen LogP contribution >= 0.6 is 0 Å². The second-order valence-electron chi connectivity index (χ2n) is 3.13. The molecule has 0 bridgehead atoms. The highest BCUT2D eigenvalue weighted by atomic mass is 19.3. The van der Waals surface area contributed by atoms with Gasteiger partial charge < -0.3 is 10.5 Å². The Bertz CT molecular complexity index is 483. The number of nitriles is 1. The van der Waals surface area contributed by atoms with E-state index in [-0.39, 0.29) is 23.4 Å². The number of alkyl halides is 2. The number of aromatic nitrogens is 1. The Morgan fingerprint density at radius 3 is 2.82 bits per heavy atom. The number of rotatable bonds is 3. The molecule has 2 N–H and O–H groups in total. The maximum atomic E-state index is 12.6. The van der Waals surface area contributed by atoms with Crippen LogP contribution in [0.1, 0.15) is 23.4 Å². The number of nitrogens with zero attached hydrogens (tertiary/aromatic N) is 2. The number of carbonyl (C=O) groups is 1. The minimum absolute atomic E-state index is 0.0258. The molecule has 0 spiro atoms. The number of hydrogen-bond donors (Lipinski definition) is 1. The second-order valence-corrected chi connectivity index (χ2v) is 3.13. The highest BCUT2D eigenvalue weighted by Crippen LogP contribution is 2.26. The van der Waals surface area contributed by atoms with Gasteiger partial charge in [-0.1, -0.05) is 0 Å². The Labute approximate surface area is 95.8 Å². The fourth-order valence-electron chi connectivity index (χ4n) is 1.20. The number of anilines is 1. The van der Waals surface area contributed by atoms with Crippen molar-refractivity contribution in [2.75, 3.05) is 12.8 Å². The summed E-state index contributed by atoms with van der Waals surface area (Å²) in [5.74, 6) is -0.633. The summed E-state index contributed by atoms with van der Waals surface area (Å²) in [6, 6.07) is 2.86. The highest BCUT2D eigenvalue weighted by Gasteiger charge is 2.19. The molecule has 1 aromatic heterocycles. The summed E-state index contributed by atoms with van der Waals surface area (Å²) in [6.07, 6.45) is -3.19. The molecular formula is C10H9F2N3O2. The van der Waals surface area contributed by atoms with Gasteiger partial charge in [0, 0.05) is 0 Å². The zero-order chi connectivity index (χ0) is 13.0. The van der Waals surface area contributed by atoms with Crippen LogP contribution in [0.15, 0.2) is 6.07 Å². The molecule has 0 fully saturated rings. The van der Waals surface area contributed by atoms with E-state index in [1.165, 1.54) is 13.2 Å². The first kappa shape index (κ1) is 12.8. The summed E-state index contributed by atoms with van der Waals surface area (Å²) in [4.78, 5) is 14.5. The molecule has 0 aromatic carbocycles. The molecule has 5 nitrogen and oxygen atoms in total. The van der Waals surface area contributed by atoms with Crippen LogP contribution < -0.4 is 5.73 Å². The third kappa shape index (κ3) is 2.87. The monoisotopic (exact) mass is 241 g/mol. The van der Waals surface area contributed by atoms with Gasteiger partial charge in [-0.05, 0) is 6.07 Å². The number of nitrogen functional groups attached to an aromatic ring is 1. The molecule has 0 saturated heterocycles. The quantitative estimate of drug-likeness (QED) is 0.803. The minimum atomic E-state index is -2.90. The predicted molar refractivity (Wildman–Crippen MR) is 54.0 cm³/mol. The average Bonchev–Trinajstić information content (AvgIpc) is 2.30. The van der Waals surface area contributed by atoms with Gasteiger partial charge in [0.2, 0.25) is 0 Å². The molecule has 0 aliphatic heterocycles. The molecule has 0 aliphatic rings. The molecule has 90 valence electrons. The van der Waals surface area contributed by atoms with Crippen molar-refractivity contribution in [2.45, 2.75) is 12.8 Å². The first-order valence-electron chi connectivity index (χ1n) is 4.54. The summed E-state index contributed by atoms with van der Waals surface area (Å²) in [7, 11) is 1.17. The van der Waals surface area contributed by atoms with Crippen molar-refractivity contribution in [3.8, 4) is 6.07 Å². The Kier molecular flexibility index (Phi) is 3.93. The zero-order valence-electron chi connectivity index (χ0n) is 8.91. The van der Waals surface area contributed by atoms with Crippen LogP contribution in [0.4, 0.5) is 14.5 Å². The van der Waals surface area contributed by atoms with Crippen LogP contribution in [-0.4, -0.2) is 18.1 Å². The molecule has 0 unspecified atom stereocenters. The number of esters is 1. The number of ether oxygens (including phenoxy) is 1. The molecule has 1 heterocycles. The lowest BCUT2D eigenvalue weighted by Crippen LogP contribution is -2.10. The first-order valence-corrected chi connectivity index (χ1v) is 4.54. The SMILES string of the molecule is COC(=O)Cc1cc(C#N)c(N)c(C(F)F)n1. The van der Waals surface area contributed by atoms with Crippen LogP contribution in [-0.2, 0) is 16.0 Å². The number of nitrogens with two attached hydrogens (primary N) is 1. The summed E-state index contributed by atoms with van der Waals surface area (Å²) < 4.78 is 29.5. The average molecular weight is 241 g/mol. The van der Waals surface area contributed by atoms with E-state index in [0.29, 0.717) is 0 Å². The van der Waals surface area contributed by atoms with E-state index in [1.54, 1.807) is 6.07 Å². The van der Waals surface area contributed by atoms with Crippen molar-refractivity contribution in [3.05, 3.63) is 23.0 Å². The van der Waals surface area contributed by atoms with Crippen LogP contribution in [0.2, 0.25) is 0 Å². The van der Waals surface area contributed by atoms with E-state index in [4.69, 9.17) is 11.0 Å². The smallest absolute Gasteiger partial charge is 0.311 e. The third-order valence-corrected chi connectivity index (χ3v) is 2.02. The Hall–Kier alpha value is -2.23. The molecule has 0 atom stereocenters. The van der Waals surface area contributed by atoms with Gasteiger partial charge in [-0.3, -0.25) is 4.79 Å². The van der Waals surface area contributed by atoms with Gasteiger partial charge in [0.25, 0.3) is 6.43 Å². The van der Waals surface area contributed by atoms with Crippen molar-refractivity contribution in [1.82, 2.24) is 4.98 Å². The number of pyridine rings is 1. The summed E-state index contributed by atoms with van der Waals surface area (Å²) in [6.45, 7) is 0. The van der Waals surface area contributed by atoms with Gasteiger partial charge in [0.05, 0.1) is 30.5 Å². The van der Waals surface area contributed by atoms with Gasteiger partial charge in [-0.2, -0.15) is 5.26 Å². The Morgan fingerprint density at radius 2 is 2.35 bits per heavy atom. The lowest BCUT2D eigenvalue weighted by molar-refractivity contribution is -0.139. The van der Waals surface area contributed by atoms with Gasteiger partial charge in [-0.25, -0.2) is 13.8 Å². The Morgan fingerprint density at radius 1 is 1.71 bits per heavy atom. The summed E-state index contributed by atoms with van der Waals surface area (Å²) in [5, 5.41) is 8.72. The lowest BCUT2D eigenvalue weighted by atomic mass is 10.1. The first-order chi connectivity index (χ1) is 7.99. The van der Waals surface area contributed by atoms with Crippen molar-refractivity contribution in [1.29, 1.82) is 5.26 Å². The zero-order valence-corrected chi connectivity index (χ0v) is 8.91. The molecule has 1 rings (SSSR count). The van der Waals surface area contributed by atoms with E-state index >= 15 is 0 Å². The van der Waals surface area contributed by atoms with Crippen molar-refractivity contribution in [2.24, 2.45) is 0 Å². The normalized spacial score (nSPS) is 10.1. The molecule has 0 radical (unpaired) electrons. The minimum Gasteiger partial charge on any atom is -0.469 e. The van der Waals surface area contributed by atoms with Gasteiger partial charge >= 0.3 is 5.97 Å². The van der Waals surface area contributed by atoms with Crippen molar-refractivity contribution in [3.63, 3.8) is 0 Å². The fourth-order valence-corrected chi connectivity index (χ4v) is 1.20. The maximum Gasteiger partial charge on any atom is 0.311 e. The van der Waals surface area contributed by atoms with Gasteiger partial charge in [0.15, 0.2) is 0 Å². The third-order valence-electron chi connectivity index (χ3n) is 2.02. The Balaban J connectivity index is 3.21. The number of halogens is 2. The van der Waals surface area contributed by atoms with Gasteiger partial charge in [0.1, 0.15) is 11.8 Å². The molecule has 0 amide bonds. The lowest BCUT2D eigenvalue weighted by Gasteiger charge is -2.08. The molecular weight excluding hydrogens is 232 g/mol.